The average molecular weight is 518 g/mol. The van der Waals surface area contributed by atoms with Gasteiger partial charge in [-0.05, 0) is 75.0 Å². The number of imide groups is 1. The highest BCUT2D eigenvalue weighted by Gasteiger charge is 2.31. The molecule has 200 valence electrons. The molecule has 4 rings (SSSR count). The summed E-state index contributed by atoms with van der Waals surface area (Å²) in [6.07, 6.45) is 0.699. The van der Waals surface area contributed by atoms with E-state index in [0.717, 1.165) is 32.0 Å². The quantitative estimate of drug-likeness (QED) is 0.512. The lowest BCUT2D eigenvalue weighted by Crippen LogP contribution is -2.43. The molecule has 0 radical (unpaired) electrons. The average Bonchev–Trinajstić information content (AvgIpc) is 3.29. The molecule has 0 unspecified atom stereocenters. The molecule has 37 heavy (non-hydrogen) atoms. The van der Waals surface area contributed by atoms with Crippen LogP contribution < -0.4 is 15.4 Å². The molecule has 9 heteroatoms. The summed E-state index contributed by atoms with van der Waals surface area (Å²) in [5.74, 6) is -1.26. The number of halogens is 3. The number of carbonyl (C=O) groups excluding carboxylic acids is 2. The predicted molar refractivity (Wildman–Crippen MR) is 135 cm³/mol. The summed E-state index contributed by atoms with van der Waals surface area (Å²) >= 11 is 0. The first-order valence-corrected chi connectivity index (χ1v) is 12.7. The van der Waals surface area contributed by atoms with Crippen LogP contribution in [-0.2, 0) is 4.79 Å². The summed E-state index contributed by atoms with van der Waals surface area (Å²) in [5, 5.41) is 4.91. The molecular formula is C28H34F3N3O3. The number of nitrogens with one attached hydrogen (secondary N) is 2. The molecule has 0 aliphatic carbocycles. The number of carbonyl (C=O) groups is 2. The van der Waals surface area contributed by atoms with Crippen molar-refractivity contribution in [2.24, 2.45) is 5.92 Å². The number of likely N-dealkylation sites (tertiary alicyclic amines) is 1. The summed E-state index contributed by atoms with van der Waals surface area (Å²) in [7, 11) is 0. The van der Waals surface area contributed by atoms with Gasteiger partial charge in [0.1, 0.15) is 23.4 Å². The molecule has 2 amide bonds. The zero-order valence-corrected chi connectivity index (χ0v) is 21.2. The fourth-order valence-electron chi connectivity index (χ4n) is 4.94. The number of hydrogen-bond donors (Lipinski definition) is 2. The lowest BCUT2D eigenvalue weighted by atomic mass is 9.96. The first kappa shape index (κ1) is 27.1. The zero-order chi connectivity index (χ0) is 26.6. The maximum absolute atomic E-state index is 14.7. The summed E-state index contributed by atoms with van der Waals surface area (Å²) in [5.41, 5.74) is -0.519. The van der Waals surface area contributed by atoms with E-state index in [1.807, 2.05) is 0 Å². The van der Waals surface area contributed by atoms with Gasteiger partial charge in [0.05, 0.1) is 18.2 Å². The maximum Gasteiger partial charge on any atom is 0.261 e. The first-order valence-electron chi connectivity index (χ1n) is 12.7. The van der Waals surface area contributed by atoms with E-state index >= 15 is 0 Å². The van der Waals surface area contributed by atoms with Crippen molar-refractivity contribution in [2.45, 2.75) is 51.0 Å². The SMILES string of the molecule is CC(C)(F)CN1CCC(COc2ccc(-c3cccc(F)c3C(=O)NC(=O)[C@@H]3C[C@H](F)CN3)cc2)CC1. The van der Waals surface area contributed by atoms with Crippen LogP contribution in [0.5, 0.6) is 5.75 Å². The van der Waals surface area contributed by atoms with Gasteiger partial charge in [0.2, 0.25) is 5.91 Å². The number of alkyl halides is 2. The molecule has 2 atom stereocenters. The number of amides is 2. The topological polar surface area (TPSA) is 70.7 Å². The second kappa shape index (κ2) is 11.6. The van der Waals surface area contributed by atoms with Gasteiger partial charge >= 0.3 is 0 Å². The predicted octanol–water partition coefficient (Wildman–Crippen LogP) is 4.29. The minimum absolute atomic E-state index is 0.0282. The van der Waals surface area contributed by atoms with Crippen LogP contribution >= 0.6 is 0 Å². The minimum Gasteiger partial charge on any atom is -0.493 e. The Morgan fingerprint density at radius 3 is 2.46 bits per heavy atom. The van der Waals surface area contributed by atoms with E-state index in [0.29, 0.717) is 35.9 Å². The Morgan fingerprint density at radius 1 is 1.14 bits per heavy atom. The molecule has 0 aromatic heterocycles. The van der Waals surface area contributed by atoms with Gasteiger partial charge < -0.3 is 15.0 Å². The molecule has 2 saturated heterocycles. The molecule has 2 N–H and O–H groups in total. The van der Waals surface area contributed by atoms with Crippen molar-refractivity contribution in [1.82, 2.24) is 15.5 Å². The Hall–Kier alpha value is -2.91. The Kier molecular flexibility index (Phi) is 8.54. The van der Waals surface area contributed by atoms with Crippen molar-refractivity contribution in [3.8, 4) is 16.9 Å². The summed E-state index contributed by atoms with van der Waals surface area (Å²) in [6.45, 7) is 5.92. The number of hydrogen-bond acceptors (Lipinski definition) is 5. The lowest BCUT2D eigenvalue weighted by molar-refractivity contribution is -0.121. The fraction of sp³-hybridized carbons (Fsp3) is 0.500. The van der Waals surface area contributed by atoms with Gasteiger partial charge in [-0.3, -0.25) is 14.9 Å². The molecule has 0 spiro atoms. The van der Waals surface area contributed by atoms with E-state index in [9.17, 15) is 22.8 Å². The third kappa shape index (κ3) is 7.32. The largest absolute Gasteiger partial charge is 0.493 e. The Bertz CT molecular complexity index is 1100. The minimum atomic E-state index is -1.20. The third-order valence-corrected chi connectivity index (χ3v) is 6.83. The smallest absolute Gasteiger partial charge is 0.261 e. The molecule has 0 saturated carbocycles. The Labute approximate surface area is 215 Å². The summed E-state index contributed by atoms with van der Waals surface area (Å²) in [4.78, 5) is 27.3. The second-order valence-corrected chi connectivity index (χ2v) is 10.5. The molecule has 0 bridgehead atoms. The number of ether oxygens (including phenoxy) is 1. The molecule has 2 aliphatic rings. The van der Waals surface area contributed by atoms with E-state index in [-0.39, 0.29) is 18.5 Å². The van der Waals surface area contributed by atoms with Crippen LogP contribution in [0.2, 0.25) is 0 Å². The normalized spacial score (nSPS) is 21.1. The highest BCUT2D eigenvalue weighted by Crippen LogP contribution is 2.28. The molecule has 6 nitrogen and oxygen atoms in total. The summed E-state index contributed by atoms with van der Waals surface area (Å²) in [6, 6.07) is 10.4. The molecule has 2 fully saturated rings. The Morgan fingerprint density at radius 2 is 1.84 bits per heavy atom. The van der Waals surface area contributed by atoms with E-state index in [2.05, 4.69) is 15.5 Å². The van der Waals surface area contributed by atoms with Gasteiger partial charge in [0.25, 0.3) is 5.91 Å². The first-order chi connectivity index (χ1) is 17.6. The van der Waals surface area contributed by atoms with Crippen molar-refractivity contribution in [3.05, 3.63) is 53.8 Å². The van der Waals surface area contributed by atoms with Crippen LogP contribution in [0.25, 0.3) is 11.1 Å². The molecular weight excluding hydrogens is 483 g/mol. The number of nitrogens with zero attached hydrogens (tertiary/aromatic N) is 1. The van der Waals surface area contributed by atoms with Crippen LogP contribution in [0.1, 0.15) is 43.5 Å². The van der Waals surface area contributed by atoms with Crippen LogP contribution in [0, 0.1) is 11.7 Å². The van der Waals surface area contributed by atoms with Gasteiger partial charge in [-0.15, -0.1) is 0 Å². The lowest BCUT2D eigenvalue weighted by Gasteiger charge is -2.34. The highest BCUT2D eigenvalue weighted by atomic mass is 19.1. The van der Waals surface area contributed by atoms with Crippen molar-refractivity contribution >= 4 is 11.8 Å². The van der Waals surface area contributed by atoms with Crippen LogP contribution in [-0.4, -0.2) is 67.4 Å². The number of piperidine rings is 1. The van der Waals surface area contributed by atoms with Gasteiger partial charge in [0.15, 0.2) is 0 Å². The summed E-state index contributed by atoms with van der Waals surface area (Å²) < 4.78 is 47.9. The van der Waals surface area contributed by atoms with Crippen molar-refractivity contribution < 1.29 is 27.5 Å². The van der Waals surface area contributed by atoms with Crippen LogP contribution in [0.3, 0.4) is 0 Å². The maximum atomic E-state index is 14.7. The monoisotopic (exact) mass is 517 g/mol. The van der Waals surface area contributed by atoms with Crippen molar-refractivity contribution in [2.75, 3.05) is 32.8 Å². The third-order valence-electron chi connectivity index (χ3n) is 6.83. The van der Waals surface area contributed by atoms with E-state index in [1.165, 1.54) is 6.07 Å². The van der Waals surface area contributed by atoms with Gasteiger partial charge in [-0.25, -0.2) is 13.2 Å². The van der Waals surface area contributed by atoms with Gasteiger partial charge in [-0.2, -0.15) is 0 Å². The van der Waals surface area contributed by atoms with Gasteiger partial charge in [-0.1, -0.05) is 24.3 Å². The van der Waals surface area contributed by atoms with E-state index in [4.69, 9.17) is 4.74 Å². The van der Waals surface area contributed by atoms with Gasteiger partial charge in [0, 0.05) is 19.5 Å². The second-order valence-electron chi connectivity index (χ2n) is 10.5. The molecule has 2 aliphatic heterocycles. The highest BCUT2D eigenvalue weighted by molar-refractivity contribution is 6.09. The Balaban J connectivity index is 1.36. The number of benzene rings is 2. The molecule has 2 heterocycles. The molecule has 2 aromatic carbocycles. The van der Waals surface area contributed by atoms with E-state index < -0.39 is 35.5 Å². The molecule has 2 aromatic rings. The number of rotatable bonds is 8. The van der Waals surface area contributed by atoms with E-state index in [1.54, 1.807) is 44.2 Å². The zero-order valence-electron chi connectivity index (χ0n) is 21.2. The van der Waals surface area contributed by atoms with Crippen LogP contribution in [0.15, 0.2) is 42.5 Å². The van der Waals surface area contributed by atoms with Crippen molar-refractivity contribution in [3.63, 3.8) is 0 Å². The standard InChI is InChI=1S/C28H34F3N3O3/c1-28(2,31)17-34-12-10-18(11-13-34)16-37-21-8-6-19(7-9-21)22-4-3-5-23(30)25(22)27(36)33-26(35)24-14-20(29)15-32-24/h3-9,18,20,24,32H,10-17H2,1-2H3,(H,33,35,36)/t20-,24-/m0/s1. The van der Waals surface area contributed by atoms with Crippen molar-refractivity contribution in [1.29, 1.82) is 0 Å². The fourth-order valence-corrected chi connectivity index (χ4v) is 4.94. The van der Waals surface area contributed by atoms with Crippen LogP contribution in [0.4, 0.5) is 13.2 Å².